The summed E-state index contributed by atoms with van der Waals surface area (Å²) < 4.78 is 0. The molecule has 1 aliphatic rings. The van der Waals surface area contributed by atoms with Crippen molar-refractivity contribution in [3.05, 3.63) is 30.1 Å². The van der Waals surface area contributed by atoms with E-state index < -0.39 is 0 Å². The van der Waals surface area contributed by atoms with Crippen LogP contribution in [0, 0.1) is 0 Å². The number of guanidine groups is 1. The minimum atomic E-state index is 0.839. The van der Waals surface area contributed by atoms with Gasteiger partial charge in [0.05, 0.1) is 11.0 Å². The lowest BCUT2D eigenvalue weighted by Crippen LogP contribution is -2.41. The number of imidazole rings is 1. The molecule has 3 N–H and O–H groups in total. The van der Waals surface area contributed by atoms with Crippen molar-refractivity contribution in [2.45, 2.75) is 12.8 Å². The average molecular weight is 243 g/mol. The molecule has 0 amide bonds. The predicted molar refractivity (Wildman–Crippen MR) is 72.7 cm³/mol. The minimum Gasteiger partial charge on any atom is -0.356 e. The van der Waals surface area contributed by atoms with Gasteiger partial charge < -0.3 is 15.6 Å². The molecule has 0 atom stereocenters. The van der Waals surface area contributed by atoms with E-state index in [2.05, 4.69) is 25.6 Å². The Morgan fingerprint density at radius 2 is 2.22 bits per heavy atom. The highest BCUT2D eigenvalue weighted by molar-refractivity contribution is 5.80. The van der Waals surface area contributed by atoms with Gasteiger partial charge in [0.15, 0.2) is 5.96 Å². The van der Waals surface area contributed by atoms with E-state index in [9.17, 15) is 0 Å². The summed E-state index contributed by atoms with van der Waals surface area (Å²) in [5.41, 5.74) is 2.13. The van der Waals surface area contributed by atoms with E-state index in [1.807, 2.05) is 24.3 Å². The Bertz CT molecular complexity index is 524. The predicted octanol–water partition coefficient (Wildman–Crippen LogP) is 1.04. The first-order chi connectivity index (χ1) is 8.92. The Hall–Kier alpha value is -2.04. The highest BCUT2D eigenvalue weighted by Gasteiger charge is 2.04. The number of fused-ring (bicyclic) bond motifs is 1. The summed E-state index contributed by atoms with van der Waals surface area (Å²) in [7, 11) is 0. The lowest BCUT2D eigenvalue weighted by atomic mass is 10.3. The summed E-state index contributed by atoms with van der Waals surface area (Å²) in [4.78, 5) is 12.2. The molecule has 1 aliphatic heterocycles. The molecule has 94 valence electrons. The number of para-hydroxylation sites is 2. The molecule has 5 nitrogen and oxygen atoms in total. The van der Waals surface area contributed by atoms with Crippen LogP contribution in [0.4, 0.5) is 0 Å². The van der Waals surface area contributed by atoms with Gasteiger partial charge in [-0.3, -0.25) is 4.99 Å². The zero-order chi connectivity index (χ0) is 12.2. The molecule has 5 heteroatoms. The summed E-state index contributed by atoms with van der Waals surface area (Å²) >= 11 is 0. The number of nitrogens with zero attached hydrogens (tertiary/aromatic N) is 2. The van der Waals surface area contributed by atoms with Gasteiger partial charge >= 0.3 is 0 Å². The third-order valence-electron chi connectivity index (χ3n) is 2.99. The van der Waals surface area contributed by atoms with Crippen molar-refractivity contribution in [3.63, 3.8) is 0 Å². The van der Waals surface area contributed by atoms with Gasteiger partial charge in [0.25, 0.3) is 0 Å². The molecule has 0 saturated carbocycles. The first-order valence-corrected chi connectivity index (χ1v) is 6.38. The fraction of sp³-hybridized carbons (Fsp3) is 0.385. The van der Waals surface area contributed by atoms with Crippen LogP contribution in [0.25, 0.3) is 11.0 Å². The number of nitrogens with one attached hydrogen (secondary N) is 3. The number of aromatic amines is 1. The first kappa shape index (κ1) is 11.1. The first-order valence-electron chi connectivity index (χ1n) is 6.38. The van der Waals surface area contributed by atoms with Gasteiger partial charge in [-0.25, -0.2) is 4.98 Å². The standard InChI is InChI=1S/C13H17N5/c1-2-5-11-10(4-1)17-12(18-11)6-9-16-13-14-7-3-8-15-13/h1-2,4-5H,3,6-9H2,(H,17,18)(H2,14,15,16). The zero-order valence-corrected chi connectivity index (χ0v) is 10.2. The number of benzene rings is 1. The monoisotopic (exact) mass is 243 g/mol. The van der Waals surface area contributed by atoms with Gasteiger partial charge in [-0.05, 0) is 18.6 Å². The number of H-pyrrole nitrogens is 1. The molecule has 0 saturated heterocycles. The number of hydrogen-bond acceptors (Lipinski definition) is 4. The number of aliphatic imine (C=N–C) groups is 1. The molecule has 3 rings (SSSR count). The molecular weight excluding hydrogens is 226 g/mol. The van der Waals surface area contributed by atoms with Crippen LogP contribution in [-0.4, -0.2) is 35.6 Å². The second-order valence-electron chi connectivity index (χ2n) is 4.39. The van der Waals surface area contributed by atoms with Gasteiger partial charge in [-0.15, -0.1) is 0 Å². The Morgan fingerprint density at radius 1 is 1.28 bits per heavy atom. The maximum atomic E-state index is 4.54. The van der Waals surface area contributed by atoms with Crippen LogP contribution >= 0.6 is 0 Å². The van der Waals surface area contributed by atoms with Crippen molar-refractivity contribution >= 4 is 17.0 Å². The van der Waals surface area contributed by atoms with Crippen LogP contribution < -0.4 is 10.6 Å². The number of aromatic nitrogens is 2. The molecule has 1 aromatic carbocycles. The smallest absolute Gasteiger partial charge is 0.191 e. The van der Waals surface area contributed by atoms with Crippen molar-refractivity contribution in [1.82, 2.24) is 20.6 Å². The third-order valence-corrected chi connectivity index (χ3v) is 2.99. The molecule has 0 radical (unpaired) electrons. The molecule has 0 fully saturated rings. The lowest BCUT2D eigenvalue weighted by molar-refractivity contribution is 0.696. The third kappa shape index (κ3) is 2.45. The molecule has 2 aromatic rings. The quantitative estimate of drug-likeness (QED) is 0.755. The van der Waals surface area contributed by atoms with Crippen molar-refractivity contribution in [3.8, 4) is 0 Å². The highest BCUT2D eigenvalue weighted by Crippen LogP contribution is 2.10. The maximum Gasteiger partial charge on any atom is 0.191 e. The second kappa shape index (κ2) is 5.08. The molecule has 0 spiro atoms. The topological polar surface area (TPSA) is 65.1 Å². The van der Waals surface area contributed by atoms with Gasteiger partial charge in [-0.2, -0.15) is 0 Å². The second-order valence-corrected chi connectivity index (χ2v) is 4.39. The Balaban J connectivity index is 1.58. The van der Waals surface area contributed by atoms with E-state index >= 15 is 0 Å². The molecule has 0 unspecified atom stereocenters. The van der Waals surface area contributed by atoms with Crippen LogP contribution in [-0.2, 0) is 6.42 Å². The van der Waals surface area contributed by atoms with Gasteiger partial charge in [0, 0.05) is 26.1 Å². The van der Waals surface area contributed by atoms with E-state index in [4.69, 9.17) is 0 Å². The van der Waals surface area contributed by atoms with Crippen LogP contribution in [0.3, 0.4) is 0 Å². The van der Waals surface area contributed by atoms with Crippen LogP contribution in [0.2, 0.25) is 0 Å². The minimum absolute atomic E-state index is 0.839. The fourth-order valence-corrected chi connectivity index (χ4v) is 2.07. The van der Waals surface area contributed by atoms with Crippen molar-refractivity contribution in [2.24, 2.45) is 4.99 Å². The van der Waals surface area contributed by atoms with Crippen LogP contribution in [0.5, 0.6) is 0 Å². The summed E-state index contributed by atoms with van der Waals surface area (Å²) in [6, 6.07) is 8.09. The van der Waals surface area contributed by atoms with Crippen LogP contribution in [0.15, 0.2) is 29.3 Å². The SMILES string of the molecule is c1ccc2[nH]c(CCNC3=NCCCN3)nc2c1. The zero-order valence-electron chi connectivity index (χ0n) is 10.2. The Kier molecular flexibility index (Phi) is 3.12. The summed E-state index contributed by atoms with van der Waals surface area (Å²) in [5, 5.41) is 6.53. The largest absolute Gasteiger partial charge is 0.356 e. The van der Waals surface area contributed by atoms with E-state index in [0.29, 0.717) is 0 Å². The molecule has 0 aliphatic carbocycles. The van der Waals surface area contributed by atoms with Crippen LogP contribution in [0.1, 0.15) is 12.2 Å². The fourth-order valence-electron chi connectivity index (χ4n) is 2.07. The van der Waals surface area contributed by atoms with Gasteiger partial charge in [-0.1, -0.05) is 12.1 Å². The van der Waals surface area contributed by atoms with Gasteiger partial charge in [0.1, 0.15) is 5.82 Å². The summed E-state index contributed by atoms with van der Waals surface area (Å²) in [5.74, 6) is 1.93. The van der Waals surface area contributed by atoms with Crippen molar-refractivity contribution < 1.29 is 0 Å². The van der Waals surface area contributed by atoms with E-state index in [-0.39, 0.29) is 0 Å². The van der Waals surface area contributed by atoms with E-state index in [1.165, 1.54) is 0 Å². The van der Waals surface area contributed by atoms with E-state index in [0.717, 1.165) is 55.3 Å². The van der Waals surface area contributed by atoms with Crippen molar-refractivity contribution in [1.29, 1.82) is 0 Å². The molecule has 2 heterocycles. The normalized spacial score (nSPS) is 15.2. The molecule has 18 heavy (non-hydrogen) atoms. The molecule has 1 aromatic heterocycles. The highest BCUT2D eigenvalue weighted by atomic mass is 15.2. The maximum absolute atomic E-state index is 4.54. The Morgan fingerprint density at radius 3 is 3.06 bits per heavy atom. The Labute approximate surface area is 106 Å². The van der Waals surface area contributed by atoms with Gasteiger partial charge in [0.2, 0.25) is 0 Å². The summed E-state index contributed by atoms with van der Waals surface area (Å²) in [6.45, 7) is 2.77. The van der Waals surface area contributed by atoms with E-state index in [1.54, 1.807) is 0 Å². The average Bonchev–Trinajstić information content (AvgIpc) is 2.82. The lowest BCUT2D eigenvalue weighted by Gasteiger charge is -2.15. The number of hydrogen-bond donors (Lipinski definition) is 3. The number of rotatable bonds is 3. The molecule has 0 bridgehead atoms. The molecular formula is C13H17N5. The van der Waals surface area contributed by atoms with Crippen molar-refractivity contribution in [2.75, 3.05) is 19.6 Å². The summed E-state index contributed by atoms with van der Waals surface area (Å²) in [6.07, 6.45) is 1.99.